The Morgan fingerprint density at radius 3 is 2.92 bits per heavy atom. The van der Waals surface area contributed by atoms with E-state index in [0.717, 1.165) is 60.6 Å². The van der Waals surface area contributed by atoms with Crippen LogP contribution in [0.25, 0.3) is 11.3 Å². The third-order valence-electron chi connectivity index (χ3n) is 5.39. The Morgan fingerprint density at radius 2 is 2.20 bits per heavy atom. The number of phenols is 1. The normalized spacial score (nSPS) is 18.7. The Hall–Kier alpha value is -2.27. The second-order valence-corrected chi connectivity index (χ2v) is 6.87. The maximum absolute atomic E-state index is 12.8. The number of benzene rings is 1. The summed E-state index contributed by atoms with van der Waals surface area (Å²) < 4.78 is 8.07. The first-order valence-corrected chi connectivity index (χ1v) is 9.03. The first-order chi connectivity index (χ1) is 12.1. The van der Waals surface area contributed by atoms with E-state index in [1.807, 2.05) is 26.1 Å². The molecule has 1 N–H and O–H groups in total. The van der Waals surface area contributed by atoms with Gasteiger partial charge in [0.15, 0.2) is 5.43 Å². The van der Waals surface area contributed by atoms with Crippen LogP contribution in [0.15, 0.2) is 29.1 Å². The van der Waals surface area contributed by atoms with Crippen molar-refractivity contribution in [2.45, 2.75) is 45.4 Å². The molecule has 1 saturated heterocycles. The molecule has 1 unspecified atom stereocenters. The van der Waals surface area contributed by atoms with Gasteiger partial charge in [-0.2, -0.15) is 0 Å². The van der Waals surface area contributed by atoms with Crippen LogP contribution in [-0.4, -0.2) is 29.6 Å². The smallest absolute Gasteiger partial charge is 0.187 e. The van der Waals surface area contributed by atoms with Crippen LogP contribution >= 0.6 is 0 Å². The topological polar surface area (TPSA) is 54.7 Å². The monoisotopic (exact) mass is 340 g/mol. The molecule has 1 aromatic heterocycles. The van der Waals surface area contributed by atoms with Crippen LogP contribution in [0.5, 0.6) is 5.75 Å². The number of pyridine rings is 1. The van der Waals surface area contributed by atoms with Crippen molar-refractivity contribution >= 4 is 5.82 Å². The summed E-state index contributed by atoms with van der Waals surface area (Å²) in [6.07, 6.45) is 3.61. The van der Waals surface area contributed by atoms with E-state index in [2.05, 4.69) is 9.47 Å². The van der Waals surface area contributed by atoms with Crippen molar-refractivity contribution in [1.82, 2.24) is 4.57 Å². The van der Waals surface area contributed by atoms with Gasteiger partial charge in [-0.05, 0) is 49.4 Å². The lowest BCUT2D eigenvalue weighted by molar-refractivity contribution is 0.110. The number of anilines is 1. The molecular weight excluding hydrogens is 316 g/mol. The van der Waals surface area contributed by atoms with E-state index in [1.165, 1.54) is 0 Å². The van der Waals surface area contributed by atoms with E-state index < -0.39 is 0 Å². The molecule has 0 spiro atoms. The molecule has 0 bridgehead atoms. The summed E-state index contributed by atoms with van der Waals surface area (Å²) >= 11 is 0. The zero-order valence-electron chi connectivity index (χ0n) is 14.8. The van der Waals surface area contributed by atoms with Gasteiger partial charge in [-0.3, -0.25) is 4.79 Å². The molecule has 4 rings (SSSR count). The Morgan fingerprint density at radius 1 is 1.36 bits per heavy atom. The molecule has 1 atom stereocenters. The molecule has 2 aliphatic rings. The van der Waals surface area contributed by atoms with Crippen molar-refractivity contribution in [3.05, 3.63) is 45.6 Å². The van der Waals surface area contributed by atoms with E-state index in [9.17, 15) is 9.90 Å². The van der Waals surface area contributed by atoms with Crippen molar-refractivity contribution < 1.29 is 9.84 Å². The van der Waals surface area contributed by atoms with E-state index in [-0.39, 0.29) is 17.4 Å². The average Bonchev–Trinajstić information content (AvgIpc) is 3.14. The molecule has 2 aliphatic heterocycles. The Labute approximate surface area is 147 Å². The van der Waals surface area contributed by atoms with Crippen LogP contribution in [0.3, 0.4) is 0 Å². The van der Waals surface area contributed by atoms with Gasteiger partial charge in [0.05, 0.1) is 5.69 Å². The third kappa shape index (κ3) is 2.63. The molecular formula is C20H24N2O3. The second-order valence-electron chi connectivity index (χ2n) is 6.87. The van der Waals surface area contributed by atoms with Gasteiger partial charge in [-0.25, -0.2) is 0 Å². The molecule has 25 heavy (non-hydrogen) atoms. The number of rotatable bonds is 3. The van der Waals surface area contributed by atoms with Crippen LogP contribution in [-0.2, 0) is 24.1 Å². The number of fused-ring (bicyclic) bond motifs is 3. The zero-order chi connectivity index (χ0) is 17.6. The fourth-order valence-electron chi connectivity index (χ4n) is 4.11. The molecule has 5 heteroatoms. The van der Waals surface area contributed by atoms with Gasteiger partial charge in [-0.15, -0.1) is 0 Å². The number of ether oxygens (including phenoxy) is 1. The first-order valence-electron chi connectivity index (χ1n) is 9.03. The molecule has 0 radical (unpaired) electrons. The van der Waals surface area contributed by atoms with Crippen LogP contribution in [0.2, 0.25) is 0 Å². The maximum Gasteiger partial charge on any atom is 0.187 e. The predicted molar refractivity (Wildman–Crippen MR) is 98.3 cm³/mol. The highest BCUT2D eigenvalue weighted by Crippen LogP contribution is 2.36. The number of aromatic nitrogens is 1. The Kier molecular flexibility index (Phi) is 4.04. The summed E-state index contributed by atoms with van der Waals surface area (Å²) in [6.45, 7) is 3.60. The minimum atomic E-state index is 0.0321. The van der Waals surface area contributed by atoms with Crippen molar-refractivity contribution in [2.75, 3.05) is 18.6 Å². The lowest BCUT2D eigenvalue weighted by Crippen LogP contribution is -2.36. The number of hydrogen-bond acceptors (Lipinski definition) is 4. The molecule has 0 saturated carbocycles. The Bertz CT molecular complexity index is 866. The highest BCUT2D eigenvalue weighted by molar-refractivity contribution is 5.72. The largest absolute Gasteiger partial charge is 0.508 e. The molecule has 0 aliphatic carbocycles. The summed E-state index contributed by atoms with van der Waals surface area (Å²) in [6, 6.07) is 7.22. The maximum atomic E-state index is 12.8. The van der Waals surface area contributed by atoms with Crippen molar-refractivity contribution in [2.24, 2.45) is 0 Å². The number of hydrogen-bond donors (Lipinski definition) is 1. The summed E-state index contributed by atoms with van der Waals surface area (Å²) in [5, 5.41) is 9.81. The second kappa shape index (κ2) is 6.23. The SMILES string of the molecule is CCc1c2n(c(N(C)C3CCCO3)cc1=O)CCc1cc(O)ccc1-2. The molecule has 1 fully saturated rings. The van der Waals surface area contributed by atoms with Crippen molar-refractivity contribution in [1.29, 1.82) is 0 Å². The minimum absolute atomic E-state index is 0.0321. The first kappa shape index (κ1) is 16.2. The molecule has 132 valence electrons. The summed E-state index contributed by atoms with van der Waals surface area (Å²) in [5.74, 6) is 1.20. The number of nitrogens with zero attached hydrogens (tertiary/aromatic N) is 2. The standard InChI is InChI=1S/C20H24N2O3/c1-3-15-17(24)12-18(21(2)19-5-4-10-25-19)22-9-8-13-11-14(23)6-7-16(13)20(15)22/h6-7,11-12,19,23H,3-5,8-10H2,1-2H3. The van der Waals surface area contributed by atoms with E-state index >= 15 is 0 Å². The van der Waals surface area contributed by atoms with Gasteiger partial charge in [0.1, 0.15) is 17.8 Å². The van der Waals surface area contributed by atoms with E-state index in [4.69, 9.17) is 4.74 Å². The molecule has 1 aromatic carbocycles. The van der Waals surface area contributed by atoms with Crippen LogP contribution < -0.4 is 10.3 Å². The third-order valence-corrected chi connectivity index (χ3v) is 5.39. The quantitative estimate of drug-likeness (QED) is 0.933. The zero-order valence-corrected chi connectivity index (χ0v) is 14.8. The summed E-state index contributed by atoms with van der Waals surface area (Å²) in [5.41, 5.74) is 4.08. The number of phenolic OH excluding ortho intramolecular Hbond substituents is 1. The molecule has 3 heterocycles. The average molecular weight is 340 g/mol. The van der Waals surface area contributed by atoms with Gasteiger partial charge in [0.2, 0.25) is 0 Å². The molecule has 5 nitrogen and oxygen atoms in total. The lowest BCUT2D eigenvalue weighted by Gasteiger charge is -2.33. The van der Waals surface area contributed by atoms with Gasteiger partial charge >= 0.3 is 0 Å². The van der Waals surface area contributed by atoms with E-state index in [0.29, 0.717) is 6.42 Å². The number of aromatic hydroxyl groups is 1. The van der Waals surface area contributed by atoms with Gasteiger partial charge < -0.3 is 19.3 Å². The van der Waals surface area contributed by atoms with Gasteiger partial charge in [0.25, 0.3) is 0 Å². The minimum Gasteiger partial charge on any atom is -0.508 e. The fourth-order valence-corrected chi connectivity index (χ4v) is 4.11. The highest BCUT2D eigenvalue weighted by atomic mass is 16.5. The van der Waals surface area contributed by atoms with Crippen molar-refractivity contribution in [3.63, 3.8) is 0 Å². The molecule has 0 amide bonds. The lowest BCUT2D eigenvalue weighted by atomic mass is 9.93. The summed E-state index contributed by atoms with van der Waals surface area (Å²) in [7, 11) is 2.01. The predicted octanol–water partition coefficient (Wildman–Crippen LogP) is 2.91. The molecule has 2 aromatic rings. The fraction of sp³-hybridized carbons (Fsp3) is 0.450. The van der Waals surface area contributed by atoms with E-state index in [1.54, 1.807) is 12.1 Å². The number of aryl methyl sites for hydroxylation is 1. The van der Waals surface area contributed by atoms with Gasteiger partial charge in [-0.1, -0.05) is 6.92 Å². The Balaban J connectivity index is 1.92. The van der Waals surface area contributed by atoms with Crippen molar-refractivity contribution in [3.8, 4) is 17.0 Å². The highest BCUT2D eigenvalue weighted by Gasteiger charge is 2.27. The van der Waals surface area contributed by atoms with Crippen LogP contribution in [0.4, 0.5) is 5.82 Å². The van der Waals surface area contributed by atoms with Crippen LogP contribution in [0.1, 0.15) is 30.9 Å². The van der Waals surface area contributed by atoms with Crippen LogP contribution in [0, 0.1) is 0 Å². The van der Waals surface area contributed by atoms with Gasteiger partial charge in [0, 0.05) is 37.4 Å². The summed E-state index contributed by atoms with van der Waals surface area (Å²) in [4.78, 5) is 14.9.